The molecule has 1 aromatic carbocycles. The SMILES string of the molecule is CC[C@H](O)c1ccccc1-n1cc(C(F)(F)F)cn1. The van der Waals surface area contributed by atoms with E-state index in [2.05, 4.69) is 5.10 Å². The van der Waals surface area contributed by atoms with Crippen molar-refractivity contribution in [3.8, 4) is 5.69 Å². The average Bonchev–Trinajstić information content (AvgIpc) is 2.87. The van der Waals surface area contributed by atoms with Crippen molar-refractivity contribution in [2.24, 2.45) is 0 Å². The molecule has 0 aliphatic carbocycles. The molecule has 0 spiro atoms. The van der Waals surface area contributed by atoms with E-state index in [9.17, 15) is 18.3 Å². The summed E-state index contributed by atoms with van der Waals surface area (Å²) in [6.45, 7) is 1.80. The minimum atomic E-state index is -4.42. The standard InChI is InChI=1S/C13H13F3N2O/c1-2-12(19)10-5-3-4-6-11(10)18-8-9(7-17-18)13(14,15)16/h3-8,12,19H,2H2,1H3/t12-/m0/s1. The number of nitrogens with zero attached hydrogens (tertiary/aromatic N) is 2. The van der Waals surface area contributed by atoms with Gasteiger partial charge in [-0.15, -0.1) is 0 Å². The van der Waals surface area contributed by atoms with Gasteiger partial charge in [-0.2, -0.15) is 18.3 Å². The minimum absolute atomic E-state index is 0.451. The number of para-hydroxylation sites is 1. The number of rotatable bonds is 3. The highest BCUT2D eigenvalue weighted by atomic mass is 19.4. The Kier molecular flexibility index (Phi) is 3.61. The number of alkyl halides is 3. The van der Waals surface area contributed by atoms with E-state index in [0.29, 0.717) is 17.7 Å². The third kappa shape index (κ3) is 2.78. The molecule has 0 fully saturated rings. The Morgan fingerprint density at radius 1 is 1.32 bits per heavy atom. The summed E-state index contributed by atoms with van der Waals surface area (Å²) < 4.78 is 38.8. The molecular weight excluding hydrogens is 257 g/mol. The predicted octanol–water partition coefficient (Wildman–Crippen LogP) is 3.33. The Morgan fingerprint density at radius 3 is 2.58 bits per heavy atom. The Morgan fingerprint density at radius 2 is 2.00 bits per heavy atom. The number of benzene rings is 1. The molecule has 0 radical (unpaired) electrons. The highest BCUT2D eigenvalue weighted by molar-refractivity contribution is 5.42. The molecule has 0 aliphatic heterocycles. The molecule has 0 unspecified atom stereocenters. The fourth-order valence-corrected chi connectivity index (χ4v) is 1.80. The fraction of sp³-hybridized carbons (Fsp3) is 0.308. The third-order valence-electron chi connectivity index (χ3n) is 2.84. The molecule has 1 aromatic heterocycles. The molecule has 1 N–H and O–H groups in total. The van der Waals surface area contributed by atoms with Gasteiger partial charge in [0.25, 0.3) is 0 Å². The van der Waals surface area contributed by atoms with Gasteiger partial charge in [-0.25, -0.2) is 4.68 Å². The summed E-state index contributed by atoms with van der Waals surface area (Å²) in [5.74, 6) is 0. The molecule has 6 heteroatoms. The number of aliphatic hydroxyl groups excluding tert-OH is 1. The van der Waals surface area contributed by atoms with Crippen LogP contribution in [0.2, 0.25) is 0 Å². The van der Waals surface area contributed by atoms with E-state index in [1.54, 1.807) is 31.2 Å². The second kappa shape index (κ2) is 5.05. The van der Waals surface area contributed by atoms with Crippen LogP contribution in [0.5, 0.6) is 0 Å². The summed E-state index contributed by atoms with van der Waals surface area (Å²) in [5, 5.41) is 13.6. The molecule has 0 bridgehead atoms. The maximum atomic E-state index is 12.5. The van der Waals surface area contributed by atoms with Crippen LogP contribution in [0.1, 0.15) is 30.6 Å². The first-order chi connectivity index (χ1) is 8.93. The molecule has 102 valence electrons. The molecule has 1 atom stereocenters. The van der Waals surface area contributed by atoms with E-state index in [0.717, 1.165) is 17.1 Å². The van der Waals surface area contributed by atoms with Crippen LogP contribution in [-0.4, -0.2) is 14.9 Å². The van der Waals surface area contributed by atoms with E-state index in [-0.39, 0.29) is 0 Å². The van der Waals surface area contributed by atoms with Crippen molar-refractivity contribution >= 4 is 0 Å². The second-order valence-corrected chi connectivity index (χ2v) is 4.15. The van der Waals surface area contributed by atoms with Crippen molar-refractivity contribution in [3.63, 3.8) is 0 Å². The first kappa shape index (κ1) is 13.6. The van der Waals surface area contributed by atoms with E-state index in [4.69, 9.17) is 0 Å². The zero-order valence-corrected chi connectivity index (χ0v) is 10.2. The largest absolute Gasteiger partial charge is 0.419 e. The number of aromatic nitrogens is 2. The van der Waals surface area contributed by atoms with E-state index < -0.39 is 17.8 Å². The van der Waals surface area contributed by atoms with Gasteiger partial charge in [-0.05, 0) is 12.5 Å². The van der Waals surface area contributed by atoms with Crippen LogP contribution in [0.4, 0.5) is 13.2 Å². The van der Waals surface area contributed by atoms with Crippen molar-refractivity contribution < 1.29 is 18.3 Å². The fourth-order valence-electron chi connectivity index (χ4n) is 1.80. The van der Waals surface area contributed by atoms with Gasteiger partial charge in [-0.1, -0.05) is 25.1 Å². The van der Waals surface area contributed by atoms with Gasteiger partial charge < -0.3 is 5.11 Å². The Labute approximate surface area is 108 Å². The van der Waals surface area contributed by atoms with Crippen molar-refractivity contribution in [2.75, 3.05) is 0 Å². The molecule has 0 aliphatic rings. The molecule has 1 heterocycles. The molecule has 0 saturated heterocycles. The lowest BCUT2D eigenvalue weighted by molar-refractivity contribution is -0.137. The van der Waals surface area contributed by atoms with Gasteiger partial charge in [-0.3, -0.25) is 0 Å². The van der Waals surface area contributed by atoms with Crippen LogP contribution in [-0.2, 0) is 6.18 Å². The van der Waals surface area contributed by atoms with Crippen LogP contribution in [0.15, 0.2) is 36.7 Å². The van der Waals surface area contributed by atoms with E-state index in [1.807, 2.05) is 0 Å². The topological polar surface area (TPSA) is 38.0 Å². The Balaban J connectivity index is 2.45. The molecule has 2 aromatic rings. The molecule has 2 rings (SSSR count). The van der Waals surface area contributed by atoms with Gasteiger partial charge in [0.15, 0.2) is 0 Å². The predicted molar refractivity (Wildman–Crippen MR) is 63.8 cm³/mol. The van der Waals surface area contributed by atoms with Gasteiger partial charge >= 0.3 is 6.18 Å². The lowest BCUT2D eigenvalue weighted by atomic mass is 10.1. The average molecular weight is 270 g/mol. The first-order valence-corrected chi connectivity index (χ1v) is 5.82. The lowest BCUT2D eigenvalue weighted by Gasteiger charge is -2.13. The monoisotopic (exact) mass is 270 g/mol. The Bertz CT molecular complexity index is 563. The zero-order valence-electron chi connectivity index (χ0n) is 10.2. The molecule has 3 nitrogen and oxygen atoms in total. The van der Waals surface area contributed by atoms with Crippen molar-refractivity contribution in [1.29, 1.82) is 0 Å². The first-order valence-electron chi connectivity index (χ1n) is 5.82. The van der Waals surface area contributed by atoms with Crippen LogP contribution < -0.4 is 0 Å². The lowest BCUT2D eigenvalue weighted by Crippen LogP contribution is -2.05. The van der Waals surface area contributed by atoms with Crippen molar-refractivity contribution in [3.05, 3.63) is 47.8 Å². The van der Waals surface area contributed by atoms with Crippen molar-refractivity contribution in [1.82, 2.24) is 9.78 Å². The normalized spacial score (nSPS) is 13.5. The highest BCUT2D eigenvalue weighted by Crippen LogP contribution is 2.30. The van der Waals surface area contributed by atoms with Crippen LogP contribution in [0.3, 0.4) is 0 Å². The van der Waals surface area contributed by atoms with Gasteiger partial charge in [0.1, 0.15) is 0 Å². The van der Waals surface area contributed by atoms with Gasteiger partial charge in [0, 0.05) is 11.8 Å². The van der Waals surface area contributed by atoms with E-state index >= 15 is 0 Å². The third-order valence-corrected chi connectivity index (χ3v) is 2.84. The summed E-state index contributed by atoms with van der Waals surface area (Å²) in [7, 11) is 0. The van der Waals surface area contributed by atoms with Crippen LogP contribution >= 0.6 is 0 Å². The smallest absolute Gasteiger partial charge is 0.388 e. The maximum absolute atomic E-state index is 12.5. The Hall–Kier alpha value is -1.82. The molecule has 0 amide bonds. The molecular formula is C13H13F3N2O. The molecule has 19 heavy (non-hydrogen) atoms. The zero-order chi connectivity index (χ0) is 14.0. The van der Waals surface area contributed by atoms with Gasteiger partial charge in [0.2, 0.25) is 0 Å². The number of halogens is 3. The summed E-state index contributed by atoms with van der Waals surface area (Å²) >= 11 is 0. The number of hydrogen-bond donors (Lipinski definition) is 1. The number of aliphatic hydroxyl groups is 1. The minimum Gasteiger partial charge on any atom is -0.388 e. The summed E-state index contributed by atoms with van der Waals surface area (Å²) in [5.41, 5.74) is 0.197. The maximum Gasteiger partial charge on any atom is 0.419 e. The highest BCUT2D eigenvalue weighted by Gasteiger charge is 2.32. The molecule has 0 saturated carbocycles. The second-order valence-electron chi connectivity index (χ2n) is 4.15. The van der Waals surface area contributed by atoms with Crippen molar-refractivity contribution in [2.45, 2.75) is 25.6 Å². The van der Waals surface area contributed by atoms with E-state index in [1.165, 1.54) is 0 Å². The summed E-state index contributed by atoms with van der Waals surface area (Å²) in [6, 6.07) is 6.72. The van der Waals surface area contributed by atoms with Crippen LogP contribution in [0, 0.1) is 0 Å². The van der Waals surface area contributed by atoms with Gasteiger partial charge in [0.05, 0.1) is 23.6 Å². The quantitative estimate of drug-likeness (QED) is 0.929. The summed E-state index contributed by atoms with van der Waals surface area (Å²) in [4.78, 5) is 0. The number of hydrogen-bond acceptors (Lipinski definition) is 2. The van der Waals surface area contributed by atoms with Crippen LogP contribution in [0.25, 0.3) is 5.69 Å². The summed E-state index contributed by atoms with van der Waals surface area (Å²) in [6.07, 6.45) is -2.98.